The van der Waals surface area contributed by atoms with E-state index >= 15 is 0 Å². The molecule has 0 amide bonds. The number of fused-ring (bicyclic) bond motifs is 1. The number of nitrogens with two attached hydrogens (primary N) is 1. The largest absolute Gasteiger partial charge is 0.464 e. The quantitative estimate of drug-likeness (QED) is 0.266. The van der Waals surface area contributed by atoms with Crippen LogP contribution in [-0.4, -0.2) is 68.8 Å². The van der Waals surface area contributed by atoms with Crippen molar-refractivity contribution < 1.29 is 32.9 Å². The number of esters is 2. The van der Waals surface area contributed by atoms with E-state index in [-0.39, 0.29) is 18.5 Å². The molecule has 0 radical (unpaired) electrons. The molecule has 1 aliphatic rings. The van der Waals surface area contributed by atoms with Crippen LogP contribution in [0.25, 0.3) is 11.2 Å². The van der Waals surface area contributed by atoms with Crippen LogP contribution in [-0.2, 0) is 39.4 Å². The van der Waals surface area contributed by atoms with Crippen LogP contribution < -0.4 is 10.8 Å². The molecule has 0 spiro atoms. The van der Waals surface area contributed by atoms with Gasteiger partial charge in [0.15, 0.2) is 18.1 Å². The maximum atomic E-state index is 13.8. The maximum absolute atomic E-state index is 13.8. The molecule has 14 heteroatoms. The van der Waals surface area contributed by atoms with Crippen molar-refractivity contribution in [2.24, 2.45) is 0 Å². The number of aromatic nitrogens is 4. The zero-order chi connectivity index (χ0) is 27.1. The van der Waals surface area contributed by atoms with E-state index in [0.717, 1.165) is 25.7 Å². The third-order valence-electron chi connectivity index (χ3n) is 5.80. The number of imidazole rings is 1. The Bertz CT molecular complexity index is 1120. The lowest BCUT2D eigenvalue weighted by Crippen LogP contribution is -2.47. The minimum Gasteiger partial charge on any atom is -0.464 e. The van der Waals surface area contributed by atoms with Gasteiger partial charge in [-0.2, -0.15) is 0 Å². The van der Waals surface area contributed by atoms with E-state index in [1.165, 1.54) is 20.2 Å². The summed E-state index contributed by atoms with van der Waals surface area (Å²) in [4.78, 5) is 37.2. The van der Waals surface area contributed by atoms with E-state index in [4.69, 9.17) is 24.5 Å². The summed E-state index contributed by atoms with van der Waals surface area (Å²) in [5, 5.41) is 2.75. The zero-order valence-corrected chi connectivity index (χ0v) is 22.7. The first-order chi connectivity index (χ1) is 17.5. The Kier molecular flexibility index (Phi) is 10.00. The number of carbonyl (C=O) groups excluding carboxylic acids is 2. The van der Waals surface area contributed by atoms with E-state index in [1.54, 1.807) is 17.8 Å². The van der Waals surface area contributed by atoms with Gasteiger partial charge in [-0.3, -0.25) is 9.36 Å². The highest BCUT2D eigenvalue weighted by molar-refractivity contribution is 7.56. The van der Waals surface area contributed by atoms with Crippen LogP contribution >= 0.6 is 7.52 Å². The van der Waals surface area contributed by atoms with E-state index < -0.39 is 44.1 Å². The first-order valence-electron chi connectivity index (χ1n) is 12.5. The lowest BCUT2D eigenvalue weighted by atomic mass is 10.1. The van der Waals surface area contributed by atoms with E-state index in [0.29, 0.717) is 24.1 Å². The summed E-state index contributed by atoms with van der Waals surface area (Å²) in [6.45, 7) is 6.71. The Morgan fingerprint density at radius 2 is 2.00 bits per heavy atom. The summed E-state index contributed by atoms with van der Waals surface area (Å²) in [6, 6.07) is 0. The molecule has 1 aliphatic carbocycles. The van der Waals surface area contributed by atoms with Crippen molar-refractivity contribution >= 4 is 36.4 Å². The molecule has 3 N–H and O–H groups in total. The fourth-order valence-corrected chi connectivity index (χ4v) is 5.83. The number of anilines is 1. The molecule has 37 heavy (non-hydrogen) atoms. The first kappa shape index (κ1) is 29.0. The minimum absolute atomic E-state index is 0.150. The fraction of sp³-hybridized carbons (Fsp3) is 0.696. The van der Waals surface area contributed by atoms with Gasteiger partial charge in [0.1, 0.15) is 29.8 Å². The molecule has 0 bridgehead atoms. The van der Waals surface area contributed by atoms with Crippen molar-refractivity contribution in [2.45, 2.75) is 84.1 Å². The zero-order valence-electron chi connectivity index (χ0n) is 21.8. The molecule has 2 heterocycles. The van der Waals surface area contributed by atoms with Gasteiger partial charge >= 0.3 is 11.9 Å². The first-order valence-corrected chi connectivity index (χ1v) is 14.3. The Hall–Kier alpha value is -2.60. The number of hydrogen-bond donors (Lipinski definition) is 2. The topological polar surface area (TPSA) is 170 Å². The predicted octanol–water partition coefficient (Wildman–Crippen LogP) is 2.79. The predicted molar refractivity (Wildman–Crippen MR) is 136 cm³/mol. The molecular weight excluding hydrogens is 503 g/mol. The molecule has 2 aromatic rings. The minimum atomic E-state index is -3.87. The number of nitrogens with zero attached hydrogens (tertiary/aromatic N) is 4. The molecule has 1 saturated carbocycles. The van der Waals surface area contributed by atoms with Crippen LogP contribution in [0.3, 0.4) is 0 Å². The van der Waals surface area contributed by atoms with Gasteiger partial charge in [-0.1, -0.05) is 6.92 Å². The lowest BCUT2D eigenvalue weighted by Gasteiger charge is -2.30. The summed E-state index contributed by atoms with van der Waals surface area (Å²) >= 11 is 0. The number of ether oxygens (including phenoxy) is 3. The lowest BCUT2D eigenvalue weighted by molar-refractivity contribution is -0.151. The van der Waals surface area contributed by atoms with Crippen LogP contribution in [0.5, 0.6) is 0 Å². The Morgan fingerprint density at radius 1 is 1.27 bits per heavy atom. The molecule has 0 aromatic carbocycles. The number of nitrogens with one attached hydrogen (secondary N) is 1. The smallest absolute Gasteiger partial charge is 0.332 e. The SMILES string of the molecule is CCCOC(=O)C(C)(C)N[P@](=O)(CO[C@H](C)Cn1cnc2c(N)ncnc21)OCC(=O)OC1CCCC1. The highest BCUT2D eigenvalue weighted by Crippen LogP contribution is 2.45. The van der Waals surface area contributed by atoms with Crippen LogP contribution in [0.2, 0.25) is 0 Å². The number of rotatable bonds is 14. The summed E-state index contributed by atoms with van der Waals surface area (Å²) in [5.74, 6) is -0.946. The molecule has 2 atom stereocenters. The molecule has 0 saturated heterocycles. The molecular formula is C23H37N6O7P. The molecule has 13 nitrogen and oxygen atoms in total. The second-order valence-corrected chi connectivity index (χ2v) is 11.7. The molecule has 0 unspecified atom stereocenters. The Labute approximate surface area is 216 Å². The van der Waals surface area contributed by atoms with Gasteiger partial charge < -0.3 is 29.0 Å². The van der Waals surface area contributed by atoms with Gasteiger partial charge in [0, 0.05) is 0 Å². The van der Waals surface area contributed by atoms with Crippen LogP contribution in [0.15, 0.2) is 12.7 Å². The third kappa shape index (κ3) is 8.19. The average Bonchev–Trinajstić information content (AvgIpc) is 3.51. The van der Waals surface area contributed by atoms with E-state index in [2.05, 4.69) is 20.0 Å². The van der Waals surface area contributed by atoms with Gasteiger partial charge in [-0.15, -0.1) is 0 Å². The highest BCUT2D eigenvalue weighted by atomic mass is 31.2. The van der Waals surface area contributed by atoms with Crippen molar-refractivity contribution in [1.29, 1.82) is 0 Å². The van der Waals surface area contributed by atoms with Crippen molar-refractivity contribution in [3.63, 3.8) is 0 Å². The Balaban J connectivity index is 1.66. The monoisotopic (exact) mass is 540 g/mol. The van der Waals surface area contributed by atoms with E-state index in [9.17, 15) is 14.2 Å². The second kappa shape index (κ2) is 12.8. The van der Waals surface area contributed by atoms with Crippen LogP contribution in [0, 0.1) is 0 Å². The van der Waals surface area contributed by atoms with Crippen molar-refractivity contribution in [2.75, 3.05) is 25.3 Å². The summed E-state index contributed by atoms with van der Waals surface area (Å²) < 4.78 is 37.5. The van der Waals surface area contributed by atoms with Crippen molar-refractivity contribution in [3.8, 4) is 0 Å². The van der Waals surface area contributed by atoms with Crippen LogP contribution in [0.1, 0.15) is 59.8 Å². The van der Waals surface area contributed by atoms with E-state index in [1.807, 2.05) is 6.92 Å². The standard InChI is InChI=1S/C23H37N6O7P/c1-5-10-33-22(31)23(3,4)28-37(32,35-12-18(30)36-17-8-6-7-9-17)15-34-16(2)11-29-14-27-19-20(24)25-13-26-21(19)29/h13-14,16-17H,5-12,15H2,1-4H3,(H,28,32)(H2,24,25,26)/t16-,37+/m1/s1. The van der Waals surface area contributed by atoms with Gasteiger partial charge in [0.05, 0.1) is 25.6 Å². The summed E-state index contributed by atoms with van der Waals surface area (Å²) in [6.07, 6.45) is 6.15. The number of carbonyl (C=O) groups is 2. The molecule has 206 valence electrons. The fourth-order valence-electron chi connectivity index (χ4n) is 3.92. The normalized spacial score (nSPS) is 17.0. The van der Waals surface area contributed by atoms with Crippen LogP contribution in [0.4, 0.5) is 5.82 Å². The maximum Gasteiger partial charge on any atom is 0.332 e. The Morgan fingerprint density at radius 3 is 2.70 bits per heavy atom. The summed E-state index contributed by atoms with van der Waals surface area (Å²) in [5.41, 5.74) is 5.49. The van der Waals surface area contributed by atoms with Gasteiger partial charge in [0.2, 0.25) is 0 Å². The number of hydrogen-bond acceptors (Lipinski definition) is 11. The van der Waals surface area contributed by atoms with Gasteiger partial charge in [-0.25, -0.2) is 24.8 Å². The van der Waals surface area contributed by atoms with Crippen molar-refractivity contribution in [3.05, 3.63) is 12.7 Å². The second-order valence-electron chi connectivity index (χ2n) is 9.65. The molecule has 0 aliphatic heterocycles. The summed E-state index contributed by atoms with van der Waals surface area (Å²) in [7, 11) is -3.87. The number of nitrogen functional groups attached to an aromatic ring is 1. The third-order valence-corrected chi connectivity index (χ3v) is 7.74. The molecule has 2 aromatic heterocycles. The van der Waals surface area contributed by atoms with Crippen molar-refractivity contribution in [1.82, 2.24) is 24.6 Å². The highest BCUT2D eigenvalue weighted by Gasteiger charge is 2.39. The van der Waals surface area contributed by atoms with Gasteiger partial charge in [0.25, 0.3) is 7.52 Å². The average molecular weight is 541 g/mol. The van der Waals surface area contributed by atoms with Gasteiger partial charge in [-0.05, 0) is 52.9 Å². The molecule has 3 rings (SSSR count). The molecule has 1 fully saturated rings.